The summed E-state index contributed by atoms with van der Waals surface area (Å²) < 4.78 is 0. The van der Waals surface area contributed by atoms with Gasteiger partial charge in [0.2, 0.25) is 11.8 Å². The number of benzene rings is 1. The van der Waals surface area contributed by atoms with Crippen molar-refractivity contribution in [2.75, 3.05) is 19.6 Å². The van der Waals surface area contributed by atoms with Gasteiger partial charge < -0.3 is 15.5 Å². The topological polar surface area (TPSA) is 78.5 Å². The molecular formula is C25H33N3O3. The van der Waals surface area contributed by atoms with E-state index in [1.807, 2.05) is 12.1 Å². The Bertz CT molecular complexity index is 822. The maximum Gasteiger partial charge on any atom is 0.251 e. The van der Waals surface area contributed by atoms with Crippen LogP contribution in [-0.2, 0) is 16.1 Å². The van der Waals surface area contributed by atoms with Crippen molar-refractivity contribution >= 4 is 17.7 Å². The minimum Gasteiger partial charge on any atom is -0.352 e. The number of nitrogens with one attached hydrogen (secondary N) is 2. The van der Waals surface area contributed by atoms with Crippen molar-refractivity contribution in [1.82, 2.24) is 15.5 Å². The van der Waals surface area contributed by atoms with Crippen LogP contribution in [0.25, 0.3) is 0 Å². The molecule has 1 aromatic rings. The molecule has 0 atom stereocenters. The van der Waals surface area contributed by atoms with E-state index in [9.17, 15) is 14.4 Å². The molecule has 166 valence electrons. The Hall–Kier alpha value is -2.37. The lowest BCUT2D eigenvalue weighted by atomic mass is 9.49. The Labute approximate surface area is 184 Å². The van der Waals surface area contributed by atoms with E-state index in [0.717, 1.165) is 68.5 Å². The highest BCUT2D eigenvalue weighted by Crippen LogP contribution is 2.60. The van der Waals surface area contributed by atoms with Crippen LogP contribution >= 0.6 is 0 Å². The Morgan fingerprint density at radius 2 is 1.45 bits per heavy atom. The molecule has 1 aliphatic heterocycles. The predicted octanol–water partition coefficient (Wildman–Crippen LogP) is 2.87. The molecule has 0 spiro atoms. The highest BCUT2D eigenvalue weighted by molar-refractivity contribution is 5.96. The second-order valence-electron chi connectivity index (χ2n) is 10.3. The average Bonchev–Trinajstić information content (AvgIpc) is 3.30. The van der Waals surface area contributed by atoms with E-state index < -0.39 is 0 Å². The quantitative estimate of drug-likeness (QED) is 0.739. The smallest absolute Gasteiger partial charge is 0.251 e. The standard InChI is InChI=1S/C25H33N3O3/c29-22(28-7-1-2-8-28)16-26-23(30)21-5-3-17(4-6-21)15-27-24(31)25-12-18-9-19(13-25)11-20(10-18)14-25/h3-6,18-20H,1-2,7-16H2,(H,26,30)(H,27,31). The van der Waals surface area contributed by atoms with Gasteiger partial charge in [0.1, 0.15) is 0 Å². The number of hydrogen-bond acceptors (Lipinski definition) is 3. The number of carbonyl (C=O) groups is 3. The lowest BCUT2D eigenvalue weighted by Crippen LogP contribution is -2.53. The zero-order valence-electron chi connectivity index (χ0n) is 18.2. The Kier molecular flexibility index (Phi) is 5.49. The van der Waals surface area contributed by atoms with Crippen molar-refractivity contribution in [3.63, 3.8) is 0 Å². The van der Waals surface area contributed by atoms with Gasteiger partial charge in [0.25, 0.3) is 5.91 Å². The van der Waals surface area contributed by atoms with Gasteiger partial charge in [0, 0.05) is 30.6 Å². The zero-order valence-corrected chi connectivity index (χ0v) is 18.2. The van der Waals surface area contributed by atoms with E-state index >= 15 is 0 Å². The number of nitrogens with zero attached hydrogens (tertiary/aromatic N) is 1. The van der Waals surface area contributed by atoms with Crippen LogP contribution in [-0.4, -0.2) is 42.3 Å². The Balaban J connectivity index is 1.11. The first-order chi connectivity index (χ1) is 15.0. The summed E-state index contributed by atoms with van der Waals surface area (Å²) in [4.78, 5) is 39.3. The normalized spacial score (nSPS) is 31.0. The monoisotopic (exact) mass is 423 g/mol. The van der Waals surface area contributed by atoms with Crippen LogP contribution in [0.1, 0.15) is 67.3 Å². The first-order valence-electron chi connectivity index (χ1n) is 11.9. The van der Waals surface area contributed by atoms with Crippen LogP contribution in [0.3, 0.4) is 0 Å². The minimum atomic E-state index is -0.239. The fourth-order valence-electron chi connectivity index (χ4n) is 6.87. The third kappa shape index (κ3) is 4.21. The molecule has 4 saturated carbocycles. The SMILES string of the molecule is O=C(NCC(=O)N1CCCC1)c1ccc(CNC(=O)C23CC4CC(CC(C4)C2)C3)cc1. The molecule has 1 heterocycles. The molecule has 4 bridgehead atoms. The number of likely N-dealkylation sites (tertiary alicyclic amines) is 1. The highest BCUT2D eigenvalue weighted by Gasteiger charge is 2.54. The van der Waals surface area contributed by atoms with E-state index in [-0.39, 0.29) is 29.7 Å². The molecule has 0 radical (unpaired) electrons. The maximum atomic E-state index is 13.1. The molecule has 0 aromatic heterocycles. The molecule has 4 aliphatic carbocycles. The van der Waals surface area contributed by atoms with Gasteiger partial charge in [0.05, 0.1) is 6.54 Å². The number of carbonyl (C=O) groups excluding carboxylic acids is 3. The van der Waals surface area contributed by atoms with Gasteiger partial charge in [-0.2, -0.15) is 0 Å². The summed E-state index contributed by atoms with van der Waals surface area (Å²) in [5, 5.41) is 5.91. The van der Waals surface area contributed by atoms with E-state index in [4.69, 9.17) is 0 Å². The first-order valence-corrected chi connectivity index (χ1v) is 11.9. The summed E-state index contributed by atoms with van der Waals surface area (Å²) in [5.74, 6) is 2.24. The predicted molar refractivity (Wildman–Crippen MR) is 117 cm³/mol. The molecule has 2 N–H and O–H groups in total. The van der Waals surface area contributed by atoms with E-state index in [2.05, 4.69) is 10.6 Å². The van der Waals surface area contributed by atoms with Crippen LogP contribution < -0.4 is 10.6 Å². The lowest BCUT2D eigenvalue weighted by Gasteiger charge is -2.55. The third-order valence-electron chi connectivity index (χ3n) is 8.05. The van der Waals surface area contributed by atoms with E-state index in [1.165, 1.54) is 19.3 Å². The molecule has 31 heavy (non-hydrogen) atoms. The van der Waals surface area contributed by atoms with Gasteiger partial charge in [-0.15, -0.1) is 0 Å². The molecule has 6 nitrogen and oxygen atoms in total. The van der Waals surface area contributed by atoms with Crippen molar-refractivity contribution in [1.29, 1.82) is 0 Å². The maximum absolute atomic E-state index is 13.1. The number of amides is 3. The molecule has 6 heteroatoms. The van der Waals surface area contributed by atoms with Gasteiger partial charge in [-0.1, -0.05) is 12.1 Å². The Morgan fingerprint density at radius 1 is 0.871 bits per heavy atom. The van der Waals surface area contributed by atoms with Gasteiger partial charge >= 0.3 is 0 Å². The molecule has 1 saturated heterocycles. The van der Waals surface area contributed by atoms with Crippen LogP contribution in [0.2, 0.25) is 0 Å². The number of hydrogen-bond donors (Lipinski definition) is 2. The largest absolute Gasteiger partial charge is 0.352 e. The van der Waals surface area contributed by atoms with Crippen molar-refractivity contribution in [2.45, 2.75) is 57.9 Å². The van der Waals surface area contributed by atoms with Gasteiger partial charge in [-0.3, -0.25) is 14.4 Å². The van der Waals surface area contributed by atoms with Gasteiger partial charge in [-0.25, -0.2) is 0 Å². The van der Waals surface area contributed by atoms with Gasteiger partial charge in [-0.05, 0) is 86.8 Å². The van der Waals surface area contributed by atoms with Gasteiger partial charge in [0.15, 0.2) is 0 Å². The fourth-order valence-corrected chi connectivity index (χ4v) is 6.87. The van der Waals surface area contributed by atoms with Crippen LogP contribution in [0, 0.1) is 23.2 Å². The number of rotatable bonds is 6. The summed E-state index contributed by atoms with van der Waals surface area (Å²) >= 11 is 0. The van der Waals surface area contributed by atoms with Crippen LogP contribution in [0.5, 0.6) is 0 Å². The zero-order chi connectivity index (χ0) is 21.4. The van der Waals surface area contributed by atoms with Crippen LogP contribution in [0.15, 0.2) is 24.3 Å². The molecule has 1 aromatic carbocycles. The first kappa shape index (κ1) is 20.5. The van der Waals surface area contributed by atoms with Crippen molar-refractivity contribution < 1.29 is 14.4 Å². The third-order valence-corrected chi connectivity index (χ3v) is 8.05. The van der Waals surface area contributed by atoms with Crippen molar-refractivity contribution in [3.8, 4) is 0 Å². The molecule has 0 unspecified atom stereocenters. The van der Waals surface area contributed by atoms with Crippen molar-refractivity contribution in [2.24, 2.45) is 23.2 Å². The summed E-state index contributed by atoms with van der Waals surface area (Å²) in [5.41, 5.74) is 1.39. The molecular weight excluding hydrogens is 390 g/mol. The van der Waals surface area contributed by atoms with E-state index in [1.54, 1.807) is 17.0 Å². The minimum absolute atomic E-state index is 0.0186. The Morgan fingerprint density at radius 3 is 2.03 bits per heavy atom. The second-order valence-corrected chi connectivity index (χ2v) is 10.3. The van der Waals surface area contributed by atoms with E-state index in [0.29, 0.717) is 12.1 Å². The summed E-state index contributed by atoms with van der Waals surface area (Å²) in [6.07, 6.45) is 9.29. The molecule has 5 fully saturated rings. The molecule has 3 amide bonds. The highest BCUT2D eigenvalue weighted by atomic mass is 16.2. The summed E-state index contributed by atoms with van der Waals surface area (Å²) in [6.45, 7) is 2.12. The summed E-state index contributed by atoms with van der Waals surface area (Å²) in [7, 11) is 0. The van der Waals surface area contributed by atoms with Crippen LogP contribution in [0.4, 0.5) is 0 Å². The second kappa shape index (κ2) is 8.29. The molecule has 6 rings (SSSR count). The summed E-state index contributed by atoms with van der Waals surface area (Å²) in [6, 6.07) is 7.30. The average molecular weight is 424 g/mol. The molecule has 5 aliphatic rings. The van der Waals surface area contributed by atoms with Crippen molar-refractivity contribution in [3.05, 3.63) is 35.4 Å². The lowest BCUT2D eigenvalue weighted by molar-refractivity contribution is -0.146. The fraction of sp³-hybridized carbons (Fsp3) is 0.640.